The first kappa shape index (κ1) is 15.0. The van der Waals surface area contributed by atoms with Crippen LogP contribution in [0.3, 0.4) is 0 Å². The monoisotopic (exact) mass is 289 g/mol. The summed E-state index contributed by atoms with van der Waals surface area (Å²) in [6.07, 6.45) is 6.66. The smallest absolute Gasteiger partial charge is 0.0661 e. The average molecular weight is 289 g/mol. The molecule has 2 saturated carbocycles. The van der Waals surface area contributed by atoms with E-state index in [4.69, 9.17) is 4.74 Å². The second-order valence-electron chi connectivity index (χ2n) is 6.49. The van der Waals surface area contributed by atoms with Gasteiger partial charge in [0.1, 0.15) is 0 Å². The van der Waals surface area contributed by atoms with Gasteiger partial charge in [0, 0.05) is 18.1 Å². The van der Waals surface area contributed by atoms with Gasteiger partial charge in [-0.15, -0.1) is 0 Å². The SMILES string of the molecule is CCOC1CC(N[C@@H](CO)c2ccccc2)C12CCCC2. The van der Waals surface area contributed by atoms with Crippen molar-refractivity contribution in [2.45, 2.75) is 57.2 Å². The lowest BCUT2D eigenvalue weighted by atomic mass is 9.60. The molecule has 0 aliphatic heterocycles. The van der Waals surface area contributed by atoms with Crippen molar-refractivity contribution in [2.75, 3.05) is 13.2 Å². The number of benzene rings is 1. The average Bonchev–Trinajstić information content (AvgIpc) is 3.04. The zero-order valence-corrected chi connectivity index (χ0v) is 12.9. The highest BCUT2D eigenvalue weighted by Crippen LogP contribution is 2.55. The lowest BCUT2D eigenvalue weighted by molar-refractivity contribution is -0.133. The summed E-state index contributed by atoms with van der Waals surface area (Å²) in [6, 6.07) is 10.8. The van der Waals surface area contributed by atoms with Crippen LogP contribution in [0.2, 0.25) is 0 Å². The first-order valence-corrected chi connectivity index (χ1v) is 8.33. The van der Waals surface area contributed by atoms with Crippen LogP contribution in [0.1, 0.15) is 50.6 Å². The Morgan fingerprint density at radius 2 is 2.00 bits per heavy atom. The first-order chi connectivity index (χ1) is 10.3. The van der Waals surface area contributed by atoms with E-state index in [1.54, 1.807) is 0 Å². The fourth-order valence-electron chi connectivity index (χ4n) is 4.30. The Hall–Kier alpha value is -0.900. The van der Waals surface area contributed by atoms with Crippen molar-refractivity contribution in [3.63, 3.8) is 0 Å². The van der Waals surface area contributed by atoms with E-state index in [1.807, 2.05) is 18.2 Å². The molecule has 0 bridgehead atoms. The van der Waals surface area contributed by atoms with Gasteiger partial charge in [0.2, 0.25) is 0 Å². The van der Waals surface area contributed by atoms with Crippen LogP contribution in [0, 0.1) is 5.41 Å². The maximum absolute atomic E-state index is 9.75. The maximum Gasteiger partial charge on any atom is 0.0661 e. The minimum absolute atomic E-state index is 0.0382. The molecular weight excluding hydrogens is 262 g/mol. The van der Waals surface area contributed by atoms with Crippen LogP contribution in [0.25, 0.3) is 0 Å². The Morgan fingerprint density at radius 1 is 1.29 bits per heavy atom. The minimum Gasteiger partial charge on any atom is -0.394 e. The number of hydrogen-bond donors (Lipinski definition) is 2. The third-order valence-electron chi connectivity index (χ3n) is 5.47. The molecule has 3 heteroatoms. The number of hydrogen-bond acceptors (Lipinski definition) is 3. The molecule has 116 valence electrons. The highest BCUT2D eigenvalue weighted by Gasteiger charge is 2.56. The van der Waals surface area contributed by atoms with Gasteiger partial charge in [0.15, 0.2) is 0 Å². The lowest BCUT2D eigenvalue weighted by Crippen LogP contribution is -2.63. The van der Waals surface area contributed by atoms with Crippen molar-refractivity contribution in [2.24, 2.45) is 5.41 Å². The predicted molar refractivity (Wildman–Crippen MR) is 84.1 cm³/mol. The Labute approximate surface area is 127 Å². The molecule has 0 radical (unpaired) electrons. The molecule has 0 aromatic heterocycles. The molecular formula is C18H27NO2. The van der Waals surface area contributed by atoms with Gasteiger partial charge in [-0.3, -0.25) is 0 Å². The van der Waals surface area contributed by atoms with Gasteiger partial charge < -0.3 is 15.2 Å². The van der Waals surface area contributed by atoms with E-state index in [2.05, 4.69) is 24.4 Å². The summed E-state index contributed by atoms with van der Waals surface area (Å²) < 4.78 is 5.96. The molecule has 1 aromatic carbocycles. The summed E-state index contributed by atoms with van der Waals surface area (Å²) in [5.74, 6) is 0. The van der Waals surface area contributed by atoms with Gasteiger partial charge >= 0.3 is 0 Å². The highest BCUT2D eigenvalue weighted by atomic mass is 16.5. The molecule has 0 amide bonds. The molecule has 21 heavy (non-hydrogen) atoms. The van der Waals surface area contributed by atoms with Gasteiger partial charge in [-0.1, -0.05) is 43.2 Å². The van der Waals surface area contributed by atoms with Crippen LogP contribution in [-0.2, 0) is 4.74 Å². The molecule has 3 nitrogen and oxygen atoms in total. The zero-order valence-electron chi connectivity index (χ0n) is 12.9. The second kappa shape index (κ2) is 6.47. The van der Waals surface area contributed by atoms with E-state index in [-0.39, 0.29) is 12.6 Å². The van der Waals surface area contributed by atoms with Crippen LogP contribution in [0.15, 0.2) is 30.3 Å². The minimum atomic E-state index is 0.0382. The number of rotatable bonds is 6. The van der Waals surface area contributed by atoms with Crippen molar-refractivity contribution in [1.82, 2.24) is 5.32 Å². The summed E-state index contributed by atoms with van der Waals surface area (Å²) >= 11 is 0. The van der Waals surface area contributed by atoms with E-state index in [0.29, 0.717) is 17.6 Å². The second-order valence-corrected chi connectivity index (χ2v) is 6.49. The van der Waals surface area contributed by atoms with Gasteiger partial charge in [-0.05, 0) is 31.7 Å². The first-order valence-electron chi connectivity index (χ1n) is 8.33. The lowest BCUT2D eigenvalue weighted by Gasteiger charge is -2.55. The summed E-state index contributed by atoms with van der Waals surface area (Å²) in [5.41, 5.74) is 1.49. The Bertz CT molecular complexity index is 442. The molecule has 1 spiro atoms. The summed E-state index contributed by atoms with van der Waals surface area (Å²) in [7, 11) is 0. The fraction of sp³-hybridized carbons (Fsp3) is 0.667. The molecule has 0 saturated heterocycles. The largest absolute Gasteiger partial charge is 0.394 e. The van der Waals surface area contributed by atoms with E-state index in [0.717, 1.165) is 13.0 Å². The van der Waals surface area contributed by atoms with Crippen LogP contribution >= 0.6 is 0 Å². The molecule has 2 unspecified atom stereocenters. The zero-order chi connectivity index (χ0) is 14.7. The molecule has 2 fully saturated rings. The van der Waals surface area contributed by atoms with Gasteiger partial charge in [-0.2, -0.15) is 0 Å². The van der Waals surface area contributed by atoms with Crippen LogP contribution < -0.4 is 5.32 Å². The molecule has 2 N–H and O–H groups in total. The fourth-order valence-corrected chi connectivity index (χ4v) is 4.30. The van der Waals surface area contributed by atoms with E-state index >= 15 is 0 Å². The van der Waals surface area contributed by atoms with Crippen molar-refractivity contribution < 1.29 is 9.84 Å². The van der Waals surface area contributed by atoms with Gasteiger partial charge in [0.05, 0.1) is 18.8 Å². The Balaban J connectivity index is 1.69. The quantitative estimate of drug-likeness (QED) is 0.846. The van der Waals surface area contributed by atoms with Gasteiger partial charge in [0.25, 0.3) is 0 Å². The van der Waals surface area contributed by atoms with Crippen LogP contribution in [0.5, 0.6) is 0 Å². The number of aliphatic hydroxyl groups excluding tert-OH is 1. The normalized spacial score (nSPS) is 28.5. The molecule has 2 aliphatic rings. The highest BCUT2D eigenvalue weighted by molar-refractivity contribution is 5.20. The number of nitrogens with one attached hydrogen (secondary N) is 1. The molecule has 3 atom stereocenters. The number of ether oxygens (including phenoxy) is 1. The summed E-state index contributed by atoms with van der Waals surface area (Å²) in [4.78, 5) is 0. The van der Waals surface area contributed by atoms with E-state index in [9.17, 15) is 5.11 Å². The van der Waals surface area contributed by atoms with Crippen molar-refractivity contribution in [1.29, 1.82) is 0 Å². The third kappa shape index (κ3) is 2.75. The Morgan fingerprint density at radius 3 is 2.62 bits per heavy atom. The Kier molecular flexibility index (Phi) is 4.63. The van der Waals surface area contributed by atoms with Crippen molar-refractivity contribution >= 4 is 0 Å². The summed E-state index contributed by atoms with van der Waals surface area (Å²) in [5, 5.41) is 13.5. The van der Waals surface area contributed by atoms with E-state index < -0.39 is 0 Å². The van der Waals surface area contributed by atoms with Crippen molar-refractivity contribution in [3.05, 3.63) is 35.9 Å². The predicted octanol–water partition coefficient (Wildman–Crippen LogP) is 3.05. The molecule has 3 rings (SSSR count). The van der Waals surface area contributed by atoms with Crippen molar-refractivity contribution in [3.8, 4) is 0 Å². The maximum atomic E-state index is 9.75. The molecule has 0 heterocycles. The van der Waals surface area contributed by atoms with Crippen LogP contribution in [-0.4, -0.2) is 30.5 Å². The standard InChI is InChI=1S/C18H27NO2/c1-2-21-17-12-16(18(17)10-6-7-11-18)19-15(13-20)14-8-4-3-5-9-14/h3-5,8-9,15-17,19-20H,2,6-7,10-13H2,1H3/t15-,16?,17?/m0/s1. The molecule has 2 aliphatic carbocycles. The topological polar surface area (TPSA) is 41.5 Å². The van der Waals surface area contributed by atoms with Gasteiger partial charge in [-0.25, -0.2) is 0 Å². The summed E-state index contributed by atoms with van der Waals surface area (Å²) in [6.45, 7) is 3.04. The van der Waals surface area contributed by atoms with Crippen LogP contribution in [0.4, 0.5) is 0 Å². The third-order valence-corrected chi connectivity index (χ3v) is 5.47. The van der Waals surface area contributed by atoms with E-state index in [1.165, 1.54) is 31.2 Å². The molecule has 1 aromatic rings. The number of aliphatic hydroxyl groups is 1.